The summed E-state index contributed by atoms with van der Waals surface area (Å²) in [4.78, 5) is 17.9. The second kappa shape index (κ2) is 8.67. The topological polar surface area (TPSA) is 74.6 Å². The van der Waals surface area contributed by atoms with Crippen LogP contribution in [0.5, 0.6) is 5.75 Å². The number of hydrogen-bond acceptors (Lipinski definition) is 5. The fourth-order valence-corrected chi connectivity index (χ4v) is 3.91. The van der Waals surface area contributed by atoms with Crippen molar-refractivity contribution in [1.82, 2.24) is 19.2 Å². The summed E-state index contributed by atoms with van der Waals surface area (Å²) in [6.07, 6.45) is 3.53. The Morgan fingerprint density at radius 2 is 1.71 bits per heavy atom. The molecule has 0 aliphatic carbocycles. The second-order valence-electron chi connectivity index (χ2n) is 8.37. The van der Waals surface area contributed by atoms with Gasteiger partial charge in [-0.1, -0.05) is 12.1 Å². The quantitative estimate of drug-likeness (QED) is 0.353. The van der Waals surface area contributed by atoms with E-state index < -0.39 is 0 Å². The highest BCUT2D eigenvalue weighted by Gasteiger charge is 2.15. The van der Waals surface area contributed by atoms with Crippen LogP contribution in [0.4, 0.5) is 0 Å². The maximum absolute atomic E-state index is 13.2. The Bertz CT molecular complexity index is 1540. The molecular weight excluding hydrogens is 428 g/mol. The number of nitrogens with zero attached hydrogens (tertiary/aromatic N) is 4. The van der Waals surface area contributed by atoms with Gasteiger partial charge >= 0.3 is 0 Å². The number of hydrogen-bond donors (Lipinski definition) is 0. The van der Waals surface area contributed by atoms with Gasteiger partial charge in [0, 0.05) is 23.5 Å². The lowest BCUT2D eigenvalue weighted by Gasteiger charge is -2.04. The van der Waals surface area contributed by atoms with Gasteiger partial charge in [0.1, 0.15) is 22.7 Å². The number of aryl methyl sites for hydroxylation is 3. The summed E-state index contributed by atoms with van der Waals surface area (Å²) in [5.74, 6) is 2.00. The summed E-state index contributed by atoms with van der Waals surface area (Å²) >= 11 is 0. The average molecular weight is 455 g/mol. The predicted molar refractivity (Wildman–Crippen MR) is 131 cm³/mol. The van der Waals surface area contributed by atoms with Crippen molar-refractivity contribution >= 4 is 5.52 Å². The molecule has 0 spiro atoms. The third kappa shape index (κ3) is 4.01. The molecule has 0 unspecified atom stereocenters. The van der Waals surface area contributed by atoms with Crippen molar-refractivity contribution in [3.63, 3.8) is 0 Å². The molecule has 7 heteroatoms. The molecule has 0 aliphatic heterocycles. The van der Waals surface area contributed by atoms with Gasteiger partial charge in [0.25, 0.3) is 5.56 Å². The van der Waals surface area contributed by atoms with Gasteiger partial charge in [-0.25, -0.2) is 9.50 Å². The molecule has 0 radical (unpaired) electrons. The molecular formula is C27H26N4O3. The van der Waals surface area contributed by atoms with Crippen molar-refractivity contribution in [3.8, 4) is 28.5 Å². The minimum Gasteiger partial charge on any atom is -0.494 e. The lowest BCUT2D eigenvalue weighted by molar-refractivity contribution is 0.340. The van der Waals surface area contributed by atoms with Gasteiger partial charge < -0.3 is 13.7 Å². The Labute approximate surface area is 197 Å². The lowest BCUT2D eigenvalue weighted by Crippen LogP contribution is -2.22. The van der Waals surface area contributed by atoms with Gasteiger partial charge in [-0.2, -0.15) is 5.10 Å². The smallest absolute Gasteiger partial charge is 0.276 e. The number of fused-ring (bicyclic) bond motifs is 1. The van der Waals surface area contributed by atoms with Crippen LogP contribution < -0.4 is 10.3 Å². The van der Waals surface area contributed by atoms with Crippen LogP contribution in [0.3, 0.4) is 0 Å². The molecule has 0 saturated heterocycles. The van der Waals surface area contributed by atoms with E-state index in [1.54, 1.807) is 21.5 Å². The normalized spacial score (nSPS) is 11.3. The highest BCUT2D eigenvalue weighted by Crippen LogP contribution is 2.25. The Morgan fingerprint density at radius 1 is 0.941 bits per heavy atom. The molecule has 34 heavy (non-hydrogen) atoms. The largest absolute Gasteiger partial charge is 0.494 e. The highest BCUT2D eigenvalue weighted by atomic mass is 16.5. The van der Waals surface area contributed by atoms with E-state index >= 15 is 0 Å². The van der Waals surface area contributed by atoms with Crippen molar-refractivity contribution in [3.05, 3.63) is 93.9 Å². The molecule has 0 amide bonds. The number of benzene rings is 2. The minimum absolute atomic E-state index is 0.130. The molecule has 2 aromatic carbocycles. The highest BCUT2D eigenvalue weighted by molar-refractivity contribution is 5.66. The van der Waals surface area contributed by atoms with Crippen LogP contribution in [0.25, 0.3) is 28.2 Å². The van der Waals surface area contributed by atoms with Gasteiger partial charge in [-0.15, -0.1) is 0 Å². The molecule has 0 saturated carbocycles. The number of oxazole rings is 1. The van der Waals surface area contributed by atoms with E-state index in [2.05, 4.69) is 36.1 Å². The van der Waals surface area contributed by atoms with Crippen LogP contribution in [0.1, 0.15) is 29.5 Å². The molecule has 3 heterocycles. The SMILES string of the molecule is CCOc1ccc(-c2nc(Cn3ccn4nc(-c5ccc(C)c(C)c5)cc4c3=O)c(C)o2)cc1. The first-order valence-electron chi connectivity index (χ1n) is 11.3. The van der Waals surface area contributed by atoms with E-state index in [9.17, 15) is 4.79 Å². The third-order valence-electron chi connectivity index (χ3n) is 6.03. The lowest BCUT2D eigenvalue weighted by atomic mass is 10.0. The first-order valence-corrected chi connectivity index (χ1v) is 11.3. The Morgan fingerprint density at radius 3 is 2.44 bits per heavy atom. The minimum atomic E-state index is -0.130. The van der Waals surface area contributed by atoms with Crippen molar-refractivity contribution in [2.75, 3.05) is 6.61 Å². The zero-order chi connectivity index (χ0) is 23.8. The summed E-state index contributed by atoms with van der Waals surface area (Å²) in [7, 11) is 0. The van der Waals surface area contributed by atoms with Crippen molar-refractivity contribution in [2.45, 2.75) is 34.2 Å². The maximum Gasteiger partial charge on any atom is 0.276 e. The molecule has 0 atom stereocenters. The van der Waals surface area contributed by atoms with E-state index in [1.807, 2.05) is 50.2 Å². The molecule has 0 bridgehead atoms. The van der Waals surface area contributed by atoms with Crippen LogP contribution in [0.15, 0.2) is 70.1 Å². The van der Waals surface area contributed by atoms with Gasteiger partial charge in [0.2, 0.25) is 5.89 Å². The third-order valence-corrected chi connectivity index (χ3v) is 6.03. The molecule has 0 fully saturated rings. The molecule has 5 aromatic rings. The first kappa shape index (κ1) is 21.7. The standard InChI is InChI=1S/C27H26N4O3/c1-5-33-22-10-8-20(9-11-22)26-28-24(19(4)34-26)16-30-12-13-31-25(27(30)32)15-23(29-31)21-7-6-17(2)18(3)14-21/h6-15H,5,16H2,1-4H3. The maximum atomic E-state index is 13.2. The number of ether oxygens (including phenoxy) is 1. The molecule has 3 aromatic heterocycles. The van der Waals surface area contributed by atoms with Crippen LogP contribution >= 0.6 is 0 Å². The number of aromatic nitrogens is 4. The summed E-state index contributed by atoms with van der Waals surface area (Å²) in [5, 5.41) is 4.60. The van der Waals surface area contributed by atoms with E-state index in [-0.39, 0.29) is 5.56 Å². The summed E-state index contributed by atoms with van der Waals surface area (Å²) < 4.78 is 14.7. The van der Waals surface area contributed by atoms with E-state index in [0.717, 1.165) is 22.6 Å². The Balaban J connectivity index is 1.44. The monoisotopic (exact) mass is 454 g/mol. The molecule has 172 valence electrons. The van der Waals surface area contributed by atoms with Gasteiger partial charge in [0.05, 0.1) is 18.8 Å². The second-order valence-corrected chi connectivity index (χ2v) is 8.37. The van der Waals surface area contributed by atoms with Crippen LogP contribution in [-0.2, 0) is 6.54 Å². The fraction of sp³-hybridized carbons (Fsp3) is 0.222. The van der Waals surface area contributed by atoms with Crippen LogP contribution in [0.2, 0.25) is 0 Å². The Hall–Kier alpha value is -4.13. The van der Waals surface area contributed by atoms with Crippen LogP contribution in [-0.4, -0.2) is 25.8 Å². The van der Waals surface area contributed by atoms with Crippen LogP contribution in [0, 0.1) is 20.8 Å². The van der Waals surface area contributed by atoms with Crippen molar-refractivity contribution in [1.29, 1.82) is 0 Å². The molecule has 0 aliphatic rings. The van der Waals surface area contributed by atoms with E-state index in [0.29, 0.717) is 36.0 Å². The number of rotatable bonds is 6. The van der Waals surface area contributed by atoms with Gasteiger partial charge in [-0.3, -0.25) is 4.79 Å². The van der Waals surface area contributed by atoms with E-state index in [4.69, 9.17) is 9.15 Å². The van der Waals surface area contributed by atoms with Gasteiger partial charge in [-0.05, 0) is 75.2 Å². The molecule has 5 rings (SSSR count). The van der Waals surface area contributed by atoms with Crippen molar-refractivity contribution in [2.24, 2.45) is 0 Å². The summed E-state index contributed by atoms with van der Waals surface area (Å²) in [5.41, 5.74) is 6.13. The summed E-state index contributed by atoms with van der Waals surface area (Å²) in [6.45, 7) is 8.89. The van der Waals surface area contributed by atoms with Crippen molar-refractivity contribution < 1.29 is 9.15 Å². The molecule has 0 N–H and O–H groups in total. The first-order chi connectivity index (χ1) is 16.4. The predicted octanol–water partition coefficient (Wildman–Crippen LogP) is 5.19. The van der Waals surface area contributed by atoms with Gasteiger partial charge in [0.15, 0.2) is 0 Å². The average Bonchev–Trinajstić information content (AvgIpc) is 3.43. The zero-order valence-electron chi connectivity index (χ0n) is 19.7. The Kier molecular flexibility index (Phi) is 5.53. The zero-order valence-corrected chi connectivity index (χ0v) is 19.7. The molecule has 7 nitrogen and oxygen atoms in total. The summed E-state index contributed by atoms with van der Waals surface area (Å²) in [6, 6.07) is 15.6. The van der Waals surface area contributed by atoms with E-state index in [1.165, 1.54) is 11.1 Å². The fourth-order valence-electron chi connectivity index (χ4n) is 3.91.